The van der Waals surface area contributed by atoms with Gasteiger partial charge >= 0.3 is 6.03 Å². The van der Waals surface area contributed by atoms with Gasteiger partial charge in [0.2, 0.25) is 0 Å². The van der Waals surface area contributed by atoms with Crippen molar-refractivity contribution in [3.63, 3.8) is 0 Å². The number of carbonyl (C=O) groups excluding carboxylic acids is 1. The van der Waals surface area contributed by atoms with E-state index in [4.69, 9.17) is 9.47 Å². The standard InChI is InChI=1S/C15H21FN2O3/c1-18(10-12-5-3-4-8-21-12)15(19)17-14-7-6-11(20-2)9-13(14)16/h6-7,9,12H,3-5,8,10H2,1-2H3,(H,17,19)/t12-/m0/s1. The SMILES string of the molecule is COc1ccc(NC(=O)N(C)C[C@@H]2CCCCO2)c(F)c1. The molecule has 1 aromatic carbocycles. The first kappa shape index (κ1) is 15.6. The Balaban J connectivity index is 1.90. The van der Waals surface area contributed by atoms with Crippen molar-refractivity contribution in [3.05, 3.63) is 24.0 Å². The van der Waals surface area contributed by atoms with E-state index in [0.29, 0.717) is 12.3 Å². The van der Waals surface area contributed by atoms with E-state index in [1.807, 2.05) is 0 Å². The fourth-order valence-corrected chi connectivity index (χ4v) is 2.27. The van der Waals surface area contributed by atoms with Crippen molar-refractivity contribution in [2.24, 2.45) is 0 Å². The van der Waals surface area contributed by atoms with Crippen LogP contribution in [0.2, 0.25) is 0 Å². The number of rotatable bonds is 4. The Morgan fingerprint density at radius 1 is 1.52 bits per heavy atom. The summed E-state index contributed by atoms with van der Waals surface area (Å²) >= 11 is 0. The van der Waals surface area contributed by atoms with E-state index < -0.39 is 5.82 Å². The Labute approximate surface area is 124 Å². The number of hydrogen-bond acceptors (Lipinski definition) is 3. The van der Waals surface area contributed by atoms with Crippen LogP contribution in [-0.4, -0.2) is 44.3 Å². The third kappa shape index (κ3) is 4.32. The van der Waals surface area contributed by atoms with Gasteiger partial charge in [0.1, 0.15) is 11.6 Å². The molecular weight excluding hydrogens is 275 g/mol. The predicted octanol–water partition coefficient (Wildman–Crippen LogP) is 2.87. The van der Waals surface area contributed by atoms with Crippen molar-refractivity contribution >= 4 is 11.7 Å². The molecule has 116 valence electrons. The number of anilines is 1. The van der Waals surface area contributed by atoms with Crippen molar-refractivity contribution < 1.29 is 18.7 Å². The molecule has 0 spiro atoms. The number of likely N-dealkylation sites (N-methyl/N-ethyl adjacent to an activating group) is 1. The van der Waals surface area contributed by atoms with Gasteiger partial charge < -0.3 is 19.7 Å². The molecule has 0 unspecified atom stereocenters. The highest BCUT2D eigenvalue weighted by Crippen LogP contribution is 2.21. The summed E-state index contributed by atoms with van der Waals surface area (Å²) in [6, 6.07) is 3.97. The molecule has 0 aromatic heterocycles. The van der Waals surface area contributed by atoms with Crippen molar-refractivity contribution in [3.8, 4) is 5.75 Å². The molecule has 0 bridgehead atoms. The highest BCUT2D eigenvalue weighted by Gasteiger charge is 2.19. The number of halogens is 1. The van der Waals surface area contributed by atoms with Gasteiger partial charge in [-0.05, 0) is 31.4 Å². The molecule has 6 heteroatoms. The molecular formula is C15H21FN2O3. The van der Waals surface area contributed by atoms with Gasteiger partial charge in [0.15, 0.2) is 0 Å². The van der Waals surface area contributed by atoms with Crippen LogP contribution in [0.25, 0.3) is 0 Å². The second-order valence-electron chi connectivity index (χ2n) is 5.15. The molecule has 2 rings (SSSR count). The third-order valence-corrected chi connectivity index (χ3v) is 3.52. The normalized spacial score (nSPS) is 18.1. The Bertz CT molecular complexity index is 490. The molecule has 1 heterocycles. The lowest BCUT2D eigenvalue weighted by molar-refractivity contribution is 0.00463. The summed E-state index contributed by atoms with van der Waals surface area (Å²) < 4.78 is 24.3. The van der Waals surface area contributed by atoms with Gasteiger partial charge in [-0.1, -0.05) is 0 Å². The summed E-state index contributed by atoms with van der Waals surface area (Å²) in [6.07, 6.45) is 3.21. The van der Waals surface area contributed by atoms with Gasteiger partial charge in [0.25, 0.3) is 0 Å². The first-order valence-electron chi connectivity index (χ1n) is 7.07. The molecule has 0 radical (unpaired) electrons. The molecule has 1 atom stereocenters. The second kappa shape index (κ2) is 7.26. The van der Waals surface area contributed by atoms with Crippen LogP contribution in [0.5, 0.6) is 5.75 Å². The minimum atomic E-state index is -0.523. The first-order valence-corrected chi connectivity index (χ1v) is 7.07. The molecule has 1 aromatic rings. The van der Waals surface area contributed by atoms with E-state index in [1.54, 1.807) is 13.1 Å². The van der Waals surface area contributed by atoms with Crippen molar-refractivity contribution in [1.29, 1.82) is 0 Å². The number of carbonyl (C=O) groups is 1. The molecule has 1 fully saturated rings. The van der Waals surface area contributed by atoms with Crippen LogP contribution in [-0.2, 0) is 4.74 Å². The number of methoxy groups -OCH3 is 1. The number of nitrogens with zero attached hydrogens (tertiary/aromatic N) is 1. The van der Waals surface area contributed by atoms with Crippen molar-refractivity contribution in [2.75, 3.05) is 32.6 Å². The van der Waals surface area contributed by atoms with E-state index in [0.717, 1.165) is 25.9 Å². The molecule has 2 amide bonds. The van der Waals surface area contributed by atoms with Crippen molar-refractivity contribution in [2.45, 2.75) is 25.4 Å². The zero-order valence-electron chi connectivity index (χ0n) is 12.4. The average molecular weight is 296 g/mol. The highest BCUT2D eigenvalue weighted by atomic mass is 19.1. The number of ether oxygens (including phenoxy) is 2. The molecule has 1 saturated heterocycles. The van der Waals surface area contributed by atoms with Crippen LogP contribution in [0.1, 0.15) is 19.3 Å². The summed E-state index contributed by atoms with van der Waals surface area (Å²) in [5, 5.41) is 2.55. The minimum absolute atomic E-state index is 0.0650. The van der Waals surface area contributed by atoms with E-state index in [1.165, 1.54) is 24.1 Å². The quantitative estimate of drug-likeness (QED) is 0.929. The lowest BCUT2D eigenvalue weighted by Crippen LogP contribution is -2.39. The summed E-state index contributed by atoms with van der Waals surface area (Å²) in [5.74, 6) is -0.112. The lowest BCUT2D eigenvalue weighted by Gasteiger charge is -2.27. The van der Waals surface area contributed by atoms with Gasteiger partial charge in [-0.2, -0.15) is 0 Å². The molecule has 0 aliphatic carbocycles. The van der Waals surface area contributed by atoms with Gasteiger partial charge in [-0.25, -0.2) is 9.18 Å². The zero-order chi connectivity index (χ0) is 15.2. The summed E-state index contributed by atoms with van der Waals surface area (Å²) in [7, 11) is 3.14. The van der Waals surface area contributed by atoms with Crippen LogP contribution in [0.3, 0.4) is 0 Å². The molecule has 0 saturated carbocycles. The number of amides is 2. The zero-order valence-corrected chi connectivity index (χ0v) is 12.4. The number of benzene rings is 1. The maximum Gasteiger partial charge on any atom is 0.321 e. The monoisotopic (exact) mass is 296 g/mol. The third-order valence-electron chi connectivity index (χ3n) is 3.52. The van der Waals surface area contributed by atoms with E-state index in [-0.39, 0.29) is 17.8 Å². The van der Waals surface area contributed by atoms with Crippen LogP contribution >= 0.6 is 0 Å². The van der Waals surface area contributed by atoms with Crippen LogP contribution < -0.4 is 10.1 Å². The number of hydrogen-bond donors (Lipinski definition) is 1. The minimum Gasteiger partial charge on any atom is -0.497 e. The topological polar surface area (TPSA) is 50.8 Å². The maximum atomic E-state index is 13.8. The van der Waals surface area contributed by atoms with Crippen LogP contribution in [0, 0.1) is 5.82 Å². The predicted molar refractivity (Wildman–Crippen MR) is 78.2 cm³/mol. The van der Waals surface area contributed by atoms with Crippen LogP contribution in [0.4, 0.5) is 14.9 Å². The Hall–Kier alpha value is -1.82. The fourth-order valence-electron chi connectivity index (χ4n) is 2.27. The van der Waals surface area contributed by atoms with Gasteiger partial charge in [0.05, 0.1) is 18.9 Å². The van der Waals surface area contributed by atoms with Crippen LogP contribution in [0.15, 0.2) is 18.2 Å². The van der Waals surface area contributed by atoms with Gasteiger partial charge in [-0.3, -0.25) is 0 Å². The highest BCUT2D eigenvalue weighted by molar-refractivity contribution is 5.89. The maximum absolute atomic E-state index is 13.8. The largest absolute Gasteiger partial charge is 0.497 e. The molecule has 1 aliphatic rings. The van der Waals surface area contributed by atoms with Gasteiger partial charge in [-0.15, -0.1) is 0 Å². The molecule has 1 aliphatic heterocycles. The van der Waals surface area contributed by atoms with Gasteiger partial charge in [0, 0.05) is 26.3 Å². The number of nitrogens with one attached hydrogen (secondary N) is 1. The Morgan fingerprint density at radius 2 is 2.33 bits per heavy atom. The molecule has 21 heavy (non-hydrogen) atoms. The summed E-state index contributed by atoms with van der Waals surface area (Å²) in [4.78, 5) is 13.6. The fraction of sp³-hybridized carbons (Fsp3) is 0.533. The van der Waals surface area contributed by atoms with E-state index >= 15 is 0 Å². The summed E-state index contributed by atoms with van der Waals surface area (Å²) in [6.45, 7) is 1.25. The first-order chi connectivity index (χ1) is 10.1. The summed E-state index contributed by atoms with van der Waals surface area (Å²) in [5.41, 5.74) is 0.136. The molecule has 5 nitrogen and oxygen atoms in total. The Morgan fingerprint density at radius 3 is 2.95 bits per heavy atom. The smallest absolute Gasteiger partial charge is 0.321 e. The molecule has 1 N–H and O–H groups in total. The van der Waals surface area contributed by atoms with Crippen molar-refractivity contribution in [1.82, 2.24) is 4.90 Å². The number of urea groups is 1. The average Bonchev–Trinajstić information content (AvgIpc) is 2.50. The van der Waals surface area contributed by atoms with E-state index in [2.05, 4.69) is 5.32 Å². The van der Waals surface area contributed by atoms with E-state index in [9.17, 15) is 9.18 Å². The second-order valence-corrected chi connectivity index (χ2v) is 5.15. The Kier molecular flexibility index (Phi) is 5.38. The lowest BCUT2D eigenvalue weighted by atomic mass is 10.1.